The third-order valence-corrected chi connectivity index (χ3v) is 6.27. The number of carbonyl (C=O) groups excluding carboxylic acids is 1. The van der Waals surface area contributed by atoms with Crippen molar-refractivity contribution in [2.75, 3.05) is 11.4 Å². The zero-order chi connectivity index (χ0) is 15.7. The summed E-state index contributed by atoms with van der Waals surface area (Å²) in [6, 6.07) is 3.53. The molecule has 0 saturated heterocycles. The maximum Gasteiger partial charge on any atom is 0.0727 e. The number of rotatable bonds is 1. The zero-order valence-corrected chi connectivity index (χ0v) is 13.4. The maximum absolute atomic E-state index is 11.9. The van der Waals surface area contributed by atoms with E-state index in [-0.39, 0.29) is 11.8 Å². The summed E-state index contributed by atoms with van der Waals surface area (Å²) in [5.74, 6) is 0.0672. The number of benzene rings is 1. The van der Waals surface area contributed by atoms with Crippen LogP contribution in [0.4, 0.5) is 5.69 Å². The van der Waals surface area contributed by atoms with Gasteiger partial charge in [-0.15, -0.1) is 0 Å². The Hall–Kier alpha value is -1.74. The second-order valence-electron chi connectivity index (χ2n) is 7.15. The fraction of sp³-hybridized carbons (Fsp3) is 0.421. The molecule has 1 aromatic rings. The van der Waals surface area contributed by atoms with Crippen molar-refractivity contribution in [1.29, 1.82) is 0 Å². The van der Waals surface area contributed by atoms with Crippen molar-refractivity contribution in [2.24, 2.45) is 11.8 Å². The number of aliphatic carboxylic acids is 1. The first-order chi connectivity index (χ1) is 11.1. The Labute approximate surface area is 140 Å². The van der Waals surface area contributed by atoms with Crippen molar-refractivity contribution in [1.82, 2.24) is 0 Å². The van der Waals surface area contributed by atoms with Crippen LogP contribution in [0, 0.1) is 11.8 Å². The molecule has 118 valence electrons. The Morgan fingerprint density at radius 1 is 1.13 bits per heavy atom. The van der Waals surface area contributed by atoms with Gasteiger partial charge in [0.05, 0.1) is 12.0 Å². The van der Waals surface area contributed by atoms with Crippen molar-refractivity contribution >= 4 is 23.3 Å². The van der Waals surface area contributed by atoms with Crippen molar-refractivity contribution in [3.05, 3.63) is 52.6 Å². The van der Waals surface area contributed by atoms with Crippen LogP contribution in [0.5, 0.6) is 0 Å². The van der Waals surface area contributed by atoms with Gasteiger partial charge < -0.3 is 14.8 Å². The molecular formula is C19H17ClNO2-. The molecule has 2 heterocycles. The lowest BCUT2D eigenvalue weighted by Crippen LogP contribution is -2.58. The van der Waals surface area contributed by atoms with Crippen molar-refractivity contribution in [3.63, 3.8) is 0 Å². The first-order valence-corrected chi connectivity index (χ1v) is 8.67. The smallest absolute Gasteiger partial charge is 0.0727 e. The largest absolute Gasteiger partial charge is 0.548 e. The molecule has 0 aromatic heterocycles. The van der Waals surface area contributed by atoms with Gasteiger partial charge in [0.1, 0.15) is 0 Å². The van der Waals surface area contributed by atoms with E-state index in [1.807, 2.05) is 12.1 Å². The molecule has 3 nitrogen and oxygen atoms in total. The van der Waals surface area contributed by atoms with Crippen LogP contribution in [0.1, 0.15) is 35.8 Å². The Bertz CT molecular complexity index is 752. The van der Waals surface area contributed by atoms with Crippen LogP contribution >= 0.6 is 11.6 Å². The Balaban J connectivity index is 1.78. The SMILES string of the molecule is O=C([O-])[C@@H]1[C@H]2CC=C[C@@H]2c2cc(Cl)cc3c2N1C[C@H]1CC=C[C@@H]31. The molecule has 5 rings (SSSR count). The number of fused-ring (bicyclic) bond motifs is 4. The highest BCUT2D eigenvalue weighted by molar-refractivity contribution is 6.31. The summed E-state index contributed by atoms with van der Waals surface area (Å²) in [5.41, 5.74) is 3.49. The van der Waals surface area contributed by atoms with E-state index in [1.54, 1.807) is 0 Å². The summed E-state index contributed by atoms with van der Waals surface area (Å²) < 4.78 is 0. The van der Waals surface area contributed by atoms with Crippen LogP contribution in [-0.2, 0) is 4.79 Å². The third kappa shape index (κ3) is 1.74. The summed E-state index contributed by atoms with van der Waals surface area (Å²) in [7, 11) is 0. The van der Waals surface area contributed by atoms with Gasteiger partial charge in [-0.25, -0.2) is 0 Å². The predicted octanol–water partition coefficient (Wildman–Crippen LogP) is 2.61. The minimum absolute atomic E-state index is 0.0599. The summed E-state index contributed by atoms with van der Waals surface area (Å²) in [6.45, 7) is 0.793. The predicted molar refractivity (Wildman–Crippen MR) is 87.6 cm³/mol. The van der Waals surface area contributed by atoms with E-state index in [1.165, 1.54) is 11.1 Å². The number of carbonyl (C=O) groups is 1. The maximum atomic E-state index is 11.9. The number of anilines is 1. The Morgan fingerprint density at radius 3 is 2.61 bits per heavy atom. The molecule has 23 heavy (non-hydrogen) atoms. The molecule has 2 aliphatic heterocycles. The lowest BCUT2D eigenvalue weighted by Gasteiger charge is -2.51. The molecule has 0 unspecified atom stereocenters. The highest BCUT2D eigenvalue weighted by Crippen LogP contribution is 2.55. The quantitative estimate of drug-likeness (QED) is 0.745. The average Bonchev–Trinajstić information content (AvgIpc) is 3.15. The highest BCUT2D eigenvalue weighted by atomic mass is 35.5. The molecule has 0 amide bonds. The van der Waals surface area contributed by atoms with Crippen LogP contribution < -0.4 is 10.0 Å². The monoisotopic (exact) mass is 326 g/mol. The minimum atomic E-state index is -0.945. The molecule has 4 aliphatic rings. The van der Waals surface area contributed by atoms with Crippen molar-refractivity contribution in [3.8, 4) is 0 Å². The van der Waals surface area contributed by atoms with Crippen LogP contribution in [0.25, 0.3) is 0 Å². The van der Waals surface area contributed by atoms with E-state index in [0.29, 0.717) is 11.8 Å². The molecule has 1 aromatic carbocycles. The first kappa shape index (κ1) is 13.7. The highest BCUT2D eigenvalue weighted by Gasteiger charge is 2.47. The number of carboxylic acids is 1. The van der Waals surface area contributed by atoms with E-state index in [2.05, 4.69) is 29.2 Å². The van der Waals surface area contributed by atoms with Gasteiger partial charge in [0, 0.05) is 29.1 Å². The minimum Gasteiger partial charge on any atom is -0.548 e. The third-order valence-electron chi connectivity index (χ3n) is 6.06. The fourth-order valence-corrected chi connectivity index (χ4v) is 5.43. The summed E-state index contributed by atoms with van der Waals surface area (Å²) in [4.78, 5) is 14.1. The van der Waals surface area contributed by atoms with Crippen molar-refractivity contribution in [2.45, 2.75) is 30.7 Å². The van der Waals surface area contributed by atoms with Gasteiger partial charge in [-0.05, 0) is 47.9 Å². The molecule has 0 bridgehead atoms. The van der Waals surface area contributed by atoms with E-state index in [4.69, 9.17) is 11.6 Å². The lowest BCUT2D eigenvalue weighted by molar-refractivity contribution is -0.309. The summed E-state index contributed by atoms with van der Waals surface area (Å²) in [6.07, 6.45) is 10.6. The molecule has 4 heteroatoms. The second-order valence-corrected chi connectivity index (χ2v) is 7.59. The van der Waals surface area contributed by atoms with Gasteiger partial charge in [0.25, 0.3) is 0 Å². The number of allylic oxidation sites excluding steroid dienone is 4. The number of nitrogens with zero attached hydrogens (tertiary/aromatic N) is 1. The van der Waals surface area contributed by atoms with Gasteiger partial charge in [-0.2, -0.15) is 0 Å². The summed E-state index contributed by atoms with van der Waals surface area (Å²) >= 11 is 6.42. The molecule has 0 radical (unpaired) electrons. The second kappa shape index (κ2) is 4.64. The first-order valence-electron chi connectivity index (χ1n) is 8.29. The molecule has 2 aliphatic carbocycles. The van der Waals surface area contributed by atoms with Gasteiger partial charge >= 0.3 is 0 Å². The Morgan fingerprint density at radius 2 is 1.83 bits per heavy atom. The van der Waals surface area contributed by atoms with Crippen molar-refractivity contribution < 1.29 is 9.90 Å². The number of hydrogen-bond donors (Lipinski definition) is 0. The fourth-order valence-electron chi connectivity index (χ4n) is 5.19. The standard InChI is InChI=1S/C19H18ClNO2/c20-11-7-15-12-4-1-3-10(12)9-21-17(15)16(8-11)13-5-2-6-14(13)18(21)19(22)23/h1-2,4-5,7-8,10,12-14,18H,3,6,9H2,(H,22,23)/p-1/t10-,12-,13+,14+,18+/m1/s1. The Kier molecular flexibility index (Phi) is 2.76. The topological polar surface area (TPSA) is 43.4 Å². The number of halogens is 1. The van der Waals surface area contributed by atoms with E-state index >= 15 is 0 Å². The number of hydrogen-bond acceptors (Lipinski definition) is 3. The van der Waals surface area contributed by atoms with Crippen LogP contribution in [0.3, 0.4) is 0 Å². The average molecular weight is 327 g/mol. The molecular weight excluding hydrogens is 310 g/mol. The molecule has 0 saturated carbocycles. The van der Waals surface area contributed by atoms with Gasteiger partial charge in [0.15, 0.2) is 0 Å². The van der Waals surface area contributed by atoms with Crippen LogP contribution in [0.2, 0.25) is 5.02 Å². The van der Waals surface area contributed by atoms with E-state index < -0.39 is 12.0 Å². The van der Waals surface area contributed by atoms with Crippen LogP contribution in [-0.4, -0.2) is 18.6 Å². The molecule has 0 spiro atoms. The van der Waals surface area contributed by atoms with E-state index in [9.17, 15) is 9.90 Å². The summed E-state index contributed by atoms with van der Waals surface area (Å²) in [5, 5.41) is 12.7. The zero-order valence-electron chi connectivity index (χ0n) is 12.6. The molecule has 0 fully saturated rings. The number of carboxylic acid groups (broad SMARTS) is 1. The van der Waals surface area contributed by atoms with Gasteiger partial charge in [0.2, 0.25) is 0 Å². The van der Waals surface area contributed by atoms with Crippen LogP contribution in [0.15, 0.2) is 36.4 Å². The lowest BCUT2D eigenvalue weighted by atomic mass is 9.72. The van der Waals surface area contributed by atoms with E-state index in [0.717, 1.165) is 30.1 Å². The van der Waals surface area contributed by atoms with Gasteiger partial charge in [-0.1, -0.05) is 35.9 Å². The van der Waals surface area contributed by atoms with Gasteiger partial charge in [-0.3, -0.25) is 0 Å². The normalized spacial score (nSPS) is 35.9. The molecule has 0 N–H and O–H groups in total. The molecule has 5 atom stereocenters.